The first-order valence-electron chi connectivity index (χ1n) is 9.91. The molecule has 0 bridgehead atoms. The van der Waals surface area contributed by atoms with Gasteiger partial charge < -0.3 is 9.47 Å². The van der Waals surface area contributed by atoms with Crippen molar-refractivity contribution in [2.75, 3.05) is 13.2 Å². The average molecular weight is 343 g/mol. The second-order valence-electron chi connectivity index (χ2n) is 6.72. The van der Waals surface area contributed by atoms with Crippen LogP contribution in [-0.2, 0) is 19.1 Å². The summed E-state index contributed by atoms with van der Waals surface area (Å²) in [5.74, 6) is 0.298. The number of carbonyl (C=O) groups is 2. The van der Waals surface area contributed by atoms with Crippen molar-refractivity contribution in [3.05, 3.63) is 0 Å². The van der Waals surface area contributed by atoms with Crippen LogP contribution >= 0.6 is 0 Å². The van der Waals surface area contributed by atoms with Gasteiger partial charge in [-0.3, -0.25) is 9.59 Å². The van der Waals surface area contributed by atoms with Gasteiger partial charge in [-0.15, -0.1) is 0 Å². The lowest BCUT2D eigenvalue weighted by Crippen LogP contribution is -2.09. The topological polar surface area (TPSA) is 52.6 Å². The standard InChI is InChI=1S/C20H38O4/c1-4-6-7-8-9-12-16-23-19(21)13-10-11-14-20(22)24-17-15-18(3)5-2/h18H,4-17H2,1-3H3. The summed E-state index contributed by atoms with van der Waals surface area (Å²) >= 11 is 0. The number of esters is 2. The number of carbonyl (C=O) groups excluding carboxylic acids is 2. The molecule has 0 spiro atoms. The quantitative estimate of drug-likeness (QED) is 0.277. The molecule has 0 radical (unpaired) electrons. The second kappa shape index (κ2) is 16.8. The maximum Gasteiger partial charge on any atom is 0.305 e. The van der Waals surface area contributed by atoms with E-state index in [1.807, 2.05) is 0 Å². The first-order valence-corrected chi connectivity index (χ1v) is 9.91. The van der Waals surface area contributed by atoms with E-state index in [4.69, 9.17) is 9.47 Å². The molecule has 4 heteroatoms. The van der Waals surface area contributed by atoms with Gasteiger partial charge in [-0.05, 0) is 31.6 Å². The summed E-state index contributed by atoms with van der Waals surface area (Å²) in [6.45, 7) is 7.54. The number of hydrogen-bond acceptors (Lipinski definition) is 4. The summed E-state index contributed by atoms with van der Waals surface area (Å²) in [6, 6.07) is 0. The van der Waals surface area contributed by atoms with Crippen molar-refractivity contribution < 1.29 is 19.1 Å². The Hall–Kier alpha value is -1.06. The fraction of sp³-hybridized carbons (Fsp3) is 0.900. The van der Waals surface area contributed by atoms with E-state index in [0.29, 0.717) is 44.8 Å². The molecule has 0 fully saturated rings. The lowest BCUT2D eigenvalue weighted by atomic mass is 10.1. The van der Waals surface area contributed by atoms with E-state index in [-0.39, 0.29) is 11.9 Å². The van der Waals surface area contributed by atoms with E-state index < -0.39 is 0 Å². The summed E-state index contributed by atoms with van der Waals surface area (Å²) in [5, 5.41) is 0. The number of unbranched alkanes of at least 4 members (excludes halogenated alkanes) is 6. The van der Waals surface area contributed by atoms with Crippen molar-refractivity contribution in [2.24, 2.45) is 5.92 Å². The Morgan fingerprint density at radius 2 is 1.29 bits per heavy atom. The van der Waals surface area contributed by atoms with Crippen molar-refractivity contribution in [2.45, 2.75) is 97.8 Å². The first kappa shape index (κ1) is 22.9. The summed E-state index contributed by atoms with van der Waals surface area (Å²) in [4.78, 5) is 23.1. The zero-order valence-electron chi connectivity index (χ0n) is 16.1. The molecule has 0 aliphatic rings. The average Bonchev–Trinajstić information content (AvgIpc) is 2.57. The predicted octanol–water partition coefficient (Wildman–Crippen LogP) is 5.43. The third-order valence-corrected chi connectivity index (χ3v) is 4.34. The zero-order valence-corrected chi connectivity index (χ0v) is 16.1. The smallest absolute Gasteiger partial charge is 0.305 e. The monoisotopic (exact) mass is 342 g/mol. The third-order valence-electron chi connectivity index (χ3n) is 4.34. The Balaban J connectivity index is 3.37. The molecule has 1 atom stereocenters. The Morgan fingerprint density at radius 1 is 0.750 bits per heavy atom. The van der Waals surface area contributed by atoms with Gasteiger partial charge in [-0.1, -0.05) is 59.3 Å². The molecule has 0 amide bonds. The molecule has 0 N–H and O–H groups in total. The van der Waals surface area contributed by atoms with Crippen LogP contribution in [-0.4, -0.2) is 25.2 Å². The van der Waals surface area contributed by atoms with Crippen LogP contribution in [0.2, 0.25) is 0 Å². The minimum absolute atomic E-state index is 0.145. The number of rotatable bonds is 16. The number of ether oxygens (including phenoxy) is 2. The Bertz CT molecular complexity index is 315. The number of hydrogen-bond donors (Lipinski definition) is 0. The maximum absolute atomic E-state index is 11.6. The van der Waals surface area contributed by atoms with Crippen LogP contribution in [0.15, 0.2) is 0 Å². The minimum atomic E-state index is -0.154. The van der Waals surface area contributed by atoms with E-state index in [1.54, 1.807) is 0 Å². The first-order chi connectivity index (χ1) is 11.6. The molecule has 0 saturated heterocycles. The van der Waals surface area contributed by atoms with Crippen LogP contribution in [0.5, 0.6) is 0 Å². The van der Waals surface area contributed by atoms with Gasteiger partial charge in [0.2, 0.25) is 0 Å². The normalized spacial score (nSPS) is 12.0. The predicted molar refractivity (Wildman–Crippen MR) is 97.8 cm³/mol. The molecule has 1 unspecified atom stereocenters. The Kier molecular flexibility index (Phi) is 16.0. The minimum Gasteiger partial charge on any atom is -0.466 e. The maximum atomic E-state index is 11.6. The van der Waals surface area contributed by atoms with Gasteiger partial charge in [0.05, 0.1) is 13.2 Å². The van der Waals surface area contributed by atoms with E-state index >= 15 is 0 Å². The largest absolute Gasteiger partial charge is 0.466 e. The molecule has 0 aromatic heterocycles. The van der Waals surface area contributed by atoms with E-state index in [0.717, 1.165) is 25.7 Å². The van der Waals surface area contributed by atoms with Crippen molar-refractivity contribution in [1.82, 2.24) is 0 Å². The van der Waals surface area contributed by atoms with Crippen molar-refractivity contribution in [3.63, 3.8) is 0 Å². The molecule has 24 heavy (non-hydrogen) atoms. The summed E-state index contributed by atoms with van der Waals surface area (Å²) in [5.41, 5.74) is 0. The van der Waals surface area contributed by atoms with E-state index in [9.17, 15) is 9.59 Å². The summed E-state index contributed by atoms with van der Waals surface area (Å²) in [6.07, 6.45) is 11.3. The van der Waals surface area contributed by atoms with E-state index in [2.05, 4.69) is 20.8 Å². The molecule has 0 saturated carbocycles. The molecule has 4 nitrogen and oxygen atoms in total. The van der Waals surface area contributed by atoms with Crippen LogP contribution in [0.1, 0.15) is 97.8 Å². The van der Waals surface area contributed by atoms with Crippen molar-refractivity contribution >= 4 is 11.9 Å². The molecule has 0 aromatic rings. The van der Waals surface area contributed by atoms with Crippen LogP contribution in [0.3, 0.4) is 0 Å². The highest BCUT2D eigenvalue weighted by molar-refractivity contribution is 5.70. The van der Waals surface area contributed by atoms with Crippen molar-refractivity contribution in [3.8, 4) is 0 Å². The van der Waals surface area contributed by atoms with Crippen LogP contribution in [0.25, 0.3) is 0 Å². The SMILES string of the molecule is CCCCCCCCOC(=O)CCCCC(=O)OCCC(C)CC. The Morgan fingerprint density at radius 3 is 1.88 bits per heavy atom. The van der Waals surface area contributed by atoms with Gasteiger partial charge in [0.15, 0.2) is 0 Å². The molecule has 0 rings (SSSR count). The molecule has 0 aliphatic carbocycles. The fourth-order valence-electron chi connectivity index (χ4n) is 2.33. The Labute approximate surface area is 148 Å². The molecular weight excluding hydrogens is 304 g/mol. The van der Waals surface area contributed by atoms with Crippen LogP contribution in [0.4, 0.5) is 0 Å². The third kappa shape index (κ3) is 15.8. The van der Waals surface area contributed by atoms with Crippen molar-refractivity contribution in [1.29, 1.82) is 0 Å². The zero-order chi connectivity index (χ0) is 18.0. The van der Waals surface area contributed by atoms with Gasteiger partial charge in [-0.2, -0.15) is 0 Å². The van der Waals surface area contributed by atoms with Gasteiger partial charge in [0, 0.05) is 12.8 Å². The lowest BCUT2D eigenvalue weighted by molar-refractivity contribution is -0.146. The van der Waals surface area contributed by atoms with Crippen LogP contribution < -0.4 is 0 Å². The highest BCUT2D eigenvalue weighted by Crippen LogP contribution is 2.08. The van der Waals surface area contributed by atoms with Gasteiger partial charge >= 0.3 is 11.9 Å². The molecular formula is C20H38O4. The van der Waals surface area contributed by atoms with Gasteiger partial charge in [0.25, 0.3) is 0 Å². The molecule has 0 heterocycles. The van der Waals surface area contributed by atoms with E-state index in [1.165, 1.54) is 25.7 Å². The van der Waals surface area contributed by atoms with Crippen LogP contribution in [0, 0.1) is 5.92 Å². The van der Waals surface area contributed by atoms with Gasteiger partial charge in [0.1, 0.15) is 0 Å². The second-order valence-corrected chi connectivity index (χ2v) is 6.72. The highest BCUT2D eigenvalue weighted by atomic mass is 16.5. The summed E-state index contributed by atoms with van der Waals surface area (Å²) < 4.78 is 10.4. The fourth-order valence-corrected chi connectivity index (χ4v) is 2.33. The lowest BCUT2D eigenvalue weighted by Gasteiger charge is -2.09. The van der Waals surface area contributed by atoms with Gasteiger partial charge in [-0.25, -0.2) is 0 Å². The molecule has 0 aliphatic heterocycles. The summed E-state index contributed by atoms with van der Waals surface area (Å²) in [7, 11) is 0. The molecule has 142 valence electrons. The highest BCUT2D eigenvalue weighted by Gasteiger charge is 2.07. The molecule has 0 aromatic carbocycles.